The van der Waals surface area contributed by atoms with Gasteiger partial charge in [0.05, 0.1) is 10.5 Å². The van der Waals surface area contributed by atoms with Crippen LogP contribution < -0.4 is 0 Å². The summed E-state index contributed by atoms with van der Waals surface area (Å²) in [6.45, 7) is 2.30. The van der Waals surface area contributed by atoms with E-state index < -0.39 is 26.7 Å². The lowest BCUT2D eigenvalue weighted by Gasteiger charge is -2.39. The van der Waals surface area contributed by atoms with E-state index in [0.29, 0.717) is 12.8 Å². The summed E-state index contributed by atoms with van der Waals surface area (Å²) >= 11 is 1.77. The van der Waals surface area contributed by atoms with Crippen molar-refractivity contribution in [3.8, 4) is 0 Å². The van der Waals surface area contributed by atoms with Crippen molar-refractivity contribution in [2.75, 3.05) is 19.6 Å². The van der Waals surface area contributed by atoms with E-state index in [1.165, 1.54) is 26.9 Å². The number of piperidine rings is 1. The van der Waals surface area contributed by atoms with Crippen LogP contribution in [0.1, 0.15) is 28.8 Å². The van der Waals surface area contributed by atoms with Crippen LogP contribution in [0.5, 0.6) is 0 Å². The zero-order valence-electron chi connectivity index (χ0n) is 15.2. The molecule has 0 unspecified atom stereocenters. The third-order valence-electron chi connectivity index (χ3n) is 5.59. The van der Waals surface area contributed by atoms with Crippen LogP contribution in [0.4, 0.5) is 13.2 Å². The lowest BCUT2D eigenvalue weighted by Crippen LogP contribution is -2.48. The summed E-state index contributed by atoms with van der Waals surface area (Å²) in [5.41, 5.74) is 0.239. The number of benzene rings is 1. The van der Waals surface area contributed by atoms with Crippen LogP contribution in [0, 0.1) is 0 Å². The highest BCUT2D eigenvalue weighted by molar-refractivity contribution is 7.89. The molecular formula is C19H21F3N2O2S2. The number of halogens is 3. The van der Waals surface area contributed by atoms with Crippen molar-refractivity contribution in [1.82, 2.24) is 9.21 Å². The molecule has 3 heterocycles. The largest absolute Gasteiger partial charge is 0.417 e. The van der Waals surface area contributed by atoms with Gasteiger partial charge in [-0.25, -0.2) is 8.42 Å². The Bertz CT molecular complexity index is 948. The third-order valence-corrected chi connectivity index (χ3v) is 8.57. The molecule has 0 bridgehead atoms. The minimum Gasteiger partial charge on any atom is -0.296 e. The maximum absolute atomic E-state index is 13.3. The molecule has 152 valence electrons. The molecule has 1 aromatic carbocycles. The van der Waals surface area contributed by atoms with Gasteiger partial charge in [0.1, 0.15) is 0 Å². The normalized spacial score (nSPS) is 20.2. The van der Waals surface area contributed by atoms with E-state index in [2.05, 4.69) is 16.3 Å². The van der Waals surface area contributed by atoms with Gasteiger partial charge in [0.25, 0.3) is 0 Å². The number of nitrogens with zero attached hydrogens (tertiary/aromatic N) is 2. The number of sulfonamides is 1. The van der Waals surface area contributed by atoms with Crippen LogP contribution in [-0.2, 0) is 29.2 Å². The Hall–Kier alpha value is -1.42. The standard InChI is InChI=1S/C19H21F3N2O2S2/c20-19(21,22)16-3-1-2-4-18(16)28(25,26)24-10-5-15(6-11-24)23-9-7-17-14(13-23)8-12-27-17/h1-4,8,12,15H,5-7,9-11,13H2. The second-order valence-corrected chi connectivity index (χ2v) is 10.1. The summed E-state index contributed by atoms with van der Waals surface area (Å²) < 4.78 is 66.7. The van der Waals surface area contributed by atoms with Gasteiger partial charge >= 0.3 is 6.18 Å². The number of hydrogen-bond donors (Lipinski definition) is 0. The van der Waals surface area contributed by atoms with Gasteiger partial charge in [-0.2, -0.15) is 17.5 Å². The second-order valence-electron chi connectivity index (χ2n) is 7.22. The summed E-state index contributed by atoms with van der Waals surface area (Å²) in [7, 11) is -4.17. The summed E-state index contributed by atoms with van der Waals surface area (Å²) in [6, 6.07) is 6.82. The fourth-order valence-corrected chi connectivity index (χ4v) is 6.67. The first-order chi connectivity index (χ1) is 13.3. The molecule has 2 aliphatic rings. The maximum atomic E-state index is 13.3. The molecule has 2 aromatic rings. The van der Waals surface area contributed by atoms with Gasteiger partial charge in [0.2, 0.25) is 10.0 Å². The van der Waals surface area contributed by atoms with Gasteiger partial charge in [-0.3, -0.25) is 4.90 Å². The van der Waals surface area contributed by atoms with Crippen LogP contribution in [0.2, 0.25) is 0 Å². The minimum atomic E-state index is -4.70. The molecule has 4 rings (SSSR count). The van der Waals surface area contributed by atoms with Crippen molar-refractivity contribution in [2.45, 2.75) is 42.9 Å². The predicted octanol–water partition coefficient (Wildman–Crippen LogP) is 3.98. The van der Waals surface area contributed by atoms with E-state index in [0.717, 1.165) is 31.6 Å². The number of rotatable bonds is 3. The first kappa shape index (κ1) is 19.9. The molecule has 1 fully saturated rings. The minimum absolute atomic E-state index is 0.242. The zero-order chi connectivity index (χ0) is 19.9. The third kappa shape index (κ3) is 3.72. The molecule has 0 saturated carbocycles. The van der Waals surface area contributed by atoms with Crippen molar-refractivity contribution >= 4 is 21.4 Å². The van der Waals surface area contributed by atoms with Crippen molar-refractivity contribution in [1.29, 1.82) is 0 Å². The van der Waals surface area contributed by atoms with Crippen LogP contribution in [0.15, 0.2) is 40.6 Å². The van der Waals surface area contributed by atoms with Gasteiger partial charge in [0, 0.05) is 37.1 Å². The summed E-state index contributed by atoms with van der Waals surface area (Å²) in [5, 5.41) is 2.10. The zero-order valence-corrected chi connectivity index (χ0v) is 16.8. The molecule has 9 heteroatoms. The quantitative estimate of drug-likeness (QED) is 0.740. The van der Waals surface area contributed by atoms with Crippen molar-refractivity contribution < 1.29 is 21.6 Å². The van der Waals surface area contributed by atoms with Gasteiger partial charge in [0.15, 0.2) is 0 Å². The molecule has 4 nitrogen and oxygen atoms in total. The second kappa shape index (κ2) is 7.44. The average molecular weight is 431 g/mol. The summed E-state index contributed by atoms with van der Waals surface area (Å²) in [4.78, 5) is 3.14. The maximum Gasteiger partial charge on any atom is 0.417 e. The summed E-state index contributed by atoms with van der Waals surface area (Å²) in [5.74, 6) is 0. The van der Waals surface area contributed by atoms with Crippen LogP contribution >= 0.6 is 11.3 Å². The highest BCUT2D eigenvalue weighted by Gasteiger charge is 2.40. The molecule has 2 aliphatic heterocycles. The van der Waals surface area contributed by atoms with E-state index in [4.69, 9.17) is 0 Å². The molecule has 0 atom stereocenters. The van der Waals surface area contributed by atoms with Crippen molar-refractivity contribution in [3.05, 3.63) is 51.7 Å². The Kier molecular flexibility index (Phi) is 5.28. The molecule has 0 amide bonds. The number of alkyl halides is 3. The SMILES string of the molecule is O=S(=O)(c1ccccc1C(F)(F)F)N1CCC(N2CCc3sccc3C2)CC1. The van der Waals surface area contributed by atoms with Crippen LogP contribution in [0.25, 0.3) is 0 Å². The Labute approximate surface area is 166 Å². The number of fused-ring (bicyclic) bond motifs is 1. The Morgan fingerprint density at radius 3 is 2.46 bits per heavy atom. The van der Waals surface area contributed by atoms with Gasteiger partial charge in [-0.15, -0.1) is 11.3 Å². The fraction of sp³-hybridized carbons (Fsp3) is 0.474. The van der Waals surface area contributed by atoms with E-state index in [1.807, 2.05) is 0 Å². The van der Waals surface area contributed by atoms with E-state index in [1.54, 1.807) is 11.3 Å². The molecule has 0 spiro atoms. The average Bonchev–Trinajstić information content (AvgIpc) is 3.15. The molecule has 1 aromatic heterocycles. The van der Waals surface area contributed by atoms with E-state index in [-0.39, 0.29) is 19.1 Å². The highest BCUT2D eigenvalue weighted by atomic mass is 32.2. The fourth-order valence-electron chi connectivity index (χ4n) is 4.09. The van der Waals surface area contributed by atoms with Gasteiger partial charge in [-0.05, 0) is 48.4 Å². The topological polar surface area (TPSA) is 40.6 Å². The van der Waals surface area contributed by atoms with Crippen molar-refractivity contribution in [3.63, 3.8) is 0 Å². The molecule has 28 heavy (non-hydrogen) atoms. The van der Waals surface area contributed by atoms with E-state index >= 15 is 0 Å². The van der Waals surface area contributed by atoms with Crippen molar-refractivity contribution in [2.24, 2.45) is 0 Å². The Morgan fingerprint density at radius 2 is 1.75 bits per heavy atom. The Morgan fingerprint density at radius 1 is 1.04 bits per heavy atom. The molecule has 0 N–H and O–H groups in total. The molecular weight excluding hydrogens is 409 g/mol. The highest BCUT2D eigenvalue weighted by Crippen LogP contribution is 2.36. The number of hydrogen-bond acceptors (Lipinski definition) is 4. The number of thiophene rings is 1. The lowest BCUT2D eigenvalue weighted by molar-refractivity contribution is -0.139. The monoisotopic (exact) mass is 430 g/mol. The molecule has 0 aliphatic carbocycles. The van der Waals surface area contributed by atoms with Gasteiger partial charge in [-0.1, -0.05) is 12.1 Å². The van der Waals surface area contributed by atoms with Crippen LogP contribution in [0.3, 0.4) is 0 Å². The Balaban J connectivity index is 1.47. The molecule has 0 radical (unpaired) electrons. The summed E-state index contributed by atoms with van der Waals surface area (Å²) in [6.07, 6.45) is -2.43. The predicted molar refractivity (Wildman–Crippen MR) is 102 cm³/mol. The molecule has 1 saturated heterocycles. The lowest BCUT2D eigenvalue weighted by atomic mass is 10.0. The van der Waals surface area contributed by atoms with E-state index in [9.17, 15) is 21.6 Å². The van der Waals surface area contributed by atoms with Crippen LogP contribution in [-0.4, -0.2) is 43.3 Å². The first-order valence-corrected chi connectivity index (χ1v) is 11.5. The first-order valence-electron chi connectivity index (χ1n) is 9.22. The smallest absolute Gasteiger partial charge is 0.296 e. The van der Waals surface area contributed by atoms with Gasteiger partial charge < -0.3 is 0 Å².